The third kappa shape index (κ3) is 5.44. The van der Waals surface area contributed by atoms with E-state index in [4.69, 9.17) is 4.74 Å². The molecule has 1 fully saturated rings. The molecule has 0 radical (unpaired) electrons. The van der Waals surface area contributed by atoms with Crippen LogP contribution in [0.1, 0.15) is 56.0 Å². The lowest BCUT2D eigenvalue weighted by atomic mass is 9.75. The minimum Gasteiger partial charge on any atom is -0.458 e. The zero-order valence-corrected chi connectivity index (χ0v) is 17.5. The Hall–Kier alpha value is -2.68. The minimum absolute atomic E-state index is 0.0862. The molecule has 0 saturated heterocycles. The molecule has 3 atom stereocenters. The first kappa shape index (κ1) is 21.0. The topological polar surface area (TPSA) is 43.4 Å². The summed E-state index contributed by atoms with van der Waals surface area (Å²) in [5.74, 6) is 0.470. The summed E-state index contributed by atoms with van der Waals surface area (Å²) >= 11 is 0. The molecular formula is C26H30O3. The SMILES string of the molecule is CC(C)[C@@H]1CC[C@H](C)C[C@H]1OC(=O)C(=Cc1ccccc1)C(=O)c1ccccc1. The van der Waals surface area contributed by atoms with Gasteiger partial charge in [0.25, 0.3) is 0 Å². The smallest absolute Gasteiger partial charge is 0.342 e. The Labute approximate surface area is 173 Å². The Morgan fingerprint density at radius 3 is 2.21 bits per heavy atom. The Balaban J connectivity index is 1.90. The molecule has 0 aliphatic heterocycles. The Bertz CT molecular complexity index is 852. The molecule has 3 nitrogen and oxygen atoms in total. The average Bonchev–Trinajstić information content (AvgIpc) is 2.72. The molecule has 152 valence electrons. The van der Waals surface area contributed by atoms with E-state index in [2.05, 4.69) is 20.8 Å². The summed E-state index contributed by atoms with van der Waals surface area (Å²) in [6.07, 6.45) is 4.57. The molecule has 0 spiro atoms. The summed E-state index contributed by atoms with van der Waals surface area (Å²) in [6, 6.07) is 18.4. The molecule has 0 bridgehead atoms. The van der Waals surface area contributed by atoms with Gasteiger partial charge in [-0.3, -0.25) is 4.79 Å². The van der Waals surface area contributed by atoms with E-state index < -0.39 is 5.97 Å². The van der Waals surface area contributed by atoms with Gasteiger partial charge in [-0.25, -0.2) is 4.79 Å². The molecular weight excluding hydrogens is 360 g/mol. The van der Waals surface area contributed by atoms with Gasteiger partial charge in [-0.1, -0.05) is 87.9 Å². The fraction of sp³-hybridized carbons (Fsp3) is 0.385. The van der Waals surface area contributed by atoms with E-state index in [1.165, 1.54) is 0 Å². The highest BCUT2D eigenvalue weighted by Crippen LogP contribution is 2.36. The maximum atomic E-state index is 13.2. The summed E-state index contributed by atoms with van der Waals surface area (Å²) in [6.45, 7) is 6.56. The predicted octanol–water partition coefficient (Wildman–Crippen LogP) is 5.96. The maximum absolute atomic E-state index is 13.2. The number of benzene rings is 2. The van der Waals surface area contributed by atoms with Gasteiger partial charge in [-0.15, -0.1) is 0 Å². The van der Waals surface area contributed by atoms with Gasteiger partial charge in [-0.2, -0.15) is 0 Å². The second-order valence-corrected chi connectivity index (χ2v) is 8.43. The van der Waals surface area contributed by atoms with E-state index in [0.717, 1.165) is 24.8 Å². The molecule has 3 heteroatoms. The highest BCUT2D eigenvalue weighted by molar-refractivity contribution is 6.26. The first-order valence-corrected chi connectivity index (χ1v) is 10.5. The van der Waals surface area contributed by atoms with Crippen LogP contribution in [-0.2, 0) is 9.53 Å². The van der Waals surface area contributed by atoms with Crippen LogP contribution >= 0.6 is 0 Å². The molecule has 0 unspecified atom stereocenters. The fourth-order valence-electron chi connectivity index (χ4n) is 4.13. The summed E-state index contributed by atoms with van der Waals surface area (Å²) in [5.41, 5.74) is 1.38. The Kier molecular flexibility index (Phi) is 7.03. The lowest BCUT2D eigenvalue weighted by Crippen LogP contribution is -2.36. The van der Waals surface area contributed by atoms with Crippen LogP contribution < -0.4 is 0 Å². The van der Waals surface area contributed by atoms with E-state index >= 15 is 0 Å². The second-order valence-electron chi connectivity index (χ2n) is 8.43. The van der Waals surface area contributed by atoms with Crippen molar-refractivity contribution in [1.82, 2.24) is 0 Å². The third-order valence-corrected chi connectivity index (χ3v) is 5.83. The standard InChI is InChI=1S/C26H30O3/c1-18(2)22-15-14-19(3)16-24(22)29-26(28)23(17-20-10-6-4-7-11-20)25(27)21-12-8-5-9-13-21/h4-13,17-19,22,24H,14-16H2,1-3H3/t19-,22-,24+/m0/s1. The van der Waals surface area contributed by atoms with Gasteiger partial charge in [0.15, 0.2) is 5.78 Å². The number of carbonyl (C=O) groups excluding carboxylic acids is 2. The van der Waals surface area contributed by atoms with Crippen LogP contribution in [0.5, 0.6) is 0 Å². The van der Waals surface area contributed by atoms with E-state index in [1.807, 2.05) is 36.4 Å². The zero-order valence-electron chi connectivity index (χ0n) is 17.5. The van der Waals surface area contributed by atoms with Crippen molar-refractivity contribution in [3.63, 3.8) is 0 Å². The van der Waals surface area contributed by atoms with Crippen LogP contribution in [0.2, 0.25) is 0 Å². The van der Waals surface area contributed by atoms with Crippen LogP contribution in [0, 0.1) is 17.8 Å². The van der Waals surface area contributed by atoms with Crippen LogP contribution in [0.3, 0.4) is 0 Å². The van der Waals surface area contributed by atoms with Crippen molar-refractivity contribution >= 4 is 17.8 Å². The fourth-order valence-corrected chi connectivity index (χ4v) is 4.13. The third-order valence-electron chi connectivity index (χ3n) is 5.83. The number of carbonyl (C=O) groups is 2. The second kappa shape index (κ2) is 9.69. The van der Waals surface area contributed by atoms with Crippen LogP contribution in [0.4, 0.5) is 0 Å². The van der Waals surface area contributed by atoms with E-state index in [1.54, 1.807) is 30.3 Å². The highest BCUT2D eigenvalue weighted by Gasteiger charge is 2.35. The van der Waals surface area contributed by atoms with Crippen molar-refractivity contribution in [1.29, 1.82) is 0 Å². The minimum atomic E-state index is -0.521. The van der Waals surface area contributed by atoms with E-state index in [-0.39, 0.29) is 17.5 Å². The van der Waals surface area contributed by atoms with Crippen LogP contribution in [-0.4, -0.2) is 17.9 Å². The molecule has 1 aliphatic rings. The number of esters is 1. The van der Waals surface area contributed by atoms with Crippen molar-refractivity contribution < 1.29 is 14.3 Å². The first-order chi connectivity index (χ1) is 14.0. The molecule has 2 aromatic carbocycles. The number of ether oxygens (including phenoxy) is 1. The van der Waals surface area contributed by atoms with Gasteiger partial charge in [0.1, 0.15) is 11.7 Å². The van der Waals surface area contributed by atoms with Crippen LogP contribution in [0.15, 0.2) is 66.2 Å². The summed E-state index contributed by atoms with van der Waals surface area (Å²) in [4.78, 5) is 26.3. The van der Waals surface area contributed by atoms with Gasteiger partial charge in [0, 0.05) is 5.56 Å². The lowest BCUT2D eigenvalue weighted by molar-refractivity contribution is -0.150. The molecule has 0 heterocycles. The largest absolute Gasteiger partial charge is 0.458 e. The summed E-state index contributed by atoms with van der Waals surface area (Å²) < 4.78 is 5.98. The number of rotatable bonds is 6. The van der Waals surface area contributed by atoms with Crippen molar-refractivity contribution in [3.05, 3.63) is 77.4 Å². The number of hydrogen-bond acceptors (Lipinski definition) is 3. The zero-order chi connectivity index (χ0) is 20.8. The van der Waals surface area contributed by atoms with Gasteiger partial charge in [0.2, 0.25) is 0 Å². The van der Waals surface area contributed by atoms with Gasteiger partial charge in [0.05, 0.1) is 0 Å². The number of hydrogen-bond donors (Lipinski definition) is 0. The Morgan fingerprint density at radius 1 is 0.966 bits per heavy atom. The molecule has 0 N–H and O–H groups in total. The maximum Gasteiger partial charge on any atom is 0.342 e. The van der Waals surface area contributed by atoms with Crippen molar-refractivity contribution in [2.45, 2.75) is 46.1 Å². The summed E-state index contributed by atoms with van der Waals surface area (Å²) in [7, 11) is 0. The summed E-state index contributed by atoms with van der Waals surface area (Å²) in [5, 5.41) is 0. The van der Waals surface area contributed by atoms with Gasteiger partial charge >= 0.3 is 5.97 Å². The number of ketones is 1. The average molecular weight is 391 g/mol. The van der Waals surface area contributed by atoms with Gasteiger partial charge < -0.3 is 4.74 Å². The lowest BCUT2D eigenvalue weighted by Gasteiger charge is -2.36. The normalized spacial score (nSPS) is 22.3. The molecule has 29 heavy (non-hydrogen) atoms. The number of Topliss-reactive ketones (excluding diaryl/α,β-unsaturated/α-hetero) is 1. The van der Waals surface area contributed by atoms with E-state index in [9.17, 15) is 9.59 Å². The molecule has 3 rings (SSSR count). The van der Waals surface area contributed by atoms with Crippen molar-refractivity contribution in [2.75, 3.05) is 0 Å². The molecule has 0 aromatic heterocycles. The molecule has 1 saturated carbocycles. The Morgan fingerprint density at radius 2 is 1.59 bits per heavy atom. The van der Waals surface area contributed by atoms with E-state index in [0.29, 0.717) is 23.3 Å². The van der Waals surface area contributed by atoms with Crippen molar-refractivity contribution in [3.8, 4) is 0 Å². The molecule has 1 aliphatic carbocycles. The first-order valence-electron chi connectivity index (χ1n) is 10.5. The monoisotopic (exact) mass is 390 g/mol. The molecule has 2 aromatic rings. The predicted molar refractivity (Wildman–Crippen MR) is 116 cm³/mol. The molecule has 0 amide bonds. The highest BCUT2D eigenvalue weighted by atomic mass is 16.5. The van der Waals surface area contributed by atoms with Crippen molar-refractivity contribution in [2.24, 2.45) is 17.8 Å². The quantitative estimate of drug-likeness (QED) is 0.201. The van der Waals surface area contributed by atoms with Crippen LogP contribution in [0.25, 0.3) is 6.08 Å². The van der Waals surface area contributed by atoms with Gasteiger partial charge in [-0.05, 0) is 42.2 Å².